The van der Waals surface area contributed by atoms with Gasteiger partial charge >= 0.3 is 6.18 Å². The van der Waals surface area contributed by atoms with Gasteiger partial charge in [0.2, 0.25) is 14.9 Å². The first kappa shape index (κ1) is 22.2. The zero-order chi connectivity index (χ0) is 17.8. The fourth-order valence-electron chi connectivity index (χ4n) is 2.23. The first-order chi connectivity index (χ1) is 9.71. The van der Waals surface area contributed by atoms with Crippen LogP contribution in [0.4, 0.5) is 13.2 Å². The lowest BCUT2D eigenvalue weighted by molar-refractivity contribution is -0.188. The zero-order valence-electron chi connectivity index (χ0n) is 14.0. The van der Waals surface area contributed by atoms with E-state index in [2.05, 4.69) is 5.32 Å². The summed E-state index contributed by atoms with van der Waals surface area (Å²) in [5.74, 6) is -0.926. The van der Waals surface area contributed by atoms with Gasteiger partial charge in [-0.3, -0.25) is 4.79 Å². The second-order valence-corrected chi connectivity index (χ2v) is 9.78. The zero-order valence-corrected chi connectivity index (χ0v) is 17.2. The molecule has 0 bridgehead atoms. The number of carbonyl (C=O) groups is 1. The topological polar surface area (TPSA) is 38.3 Å². The lowest BCUT2D eigenvalue weighted by Gasteiger charge is -2.41. The monoisotopic (exact) mass is 452 g/mol. The first-order valence-corrected chi connectivity index (χ1v) is 10.8. The Morgan fingerprint density at radius 2 is 1.77 bits per heavy atom. The molecule has 0 saturated heterocycles. The van der Waals surface area contributed by atoms with Gasteiger partial charge in [-0.2, -0.15) is 13.2 Å². The normalized spacial score (nSPS) is 16.0. The summed E-state index contributed by atoms with van der Waals surface area (Å²) in [5.41, 5.74) is -1.72. The highest BCUT2D eigenvalue weighted by molar-refractivity contribution is 14.1. The number of hydrogen-bond donors (Lipinski definition) is 1. The highest BCUT2D eigenvalue weighted by atomic mass is 127. The molecule has 0 rings (SSSR count). The highest BCUT2D eigenvalue weighted by Crippen LogP contribution is 2.35. The quantitative estimate of drug-likeness (QED) is 0.267. The van der Waals surface area contributed by atoms with Crippen molar-refractivity contribution in [1.82, 2.24) is 5.32 Å². The second kappa shape index (κ2) is 8.32. The number of hydrogen-bond acceptors (Lipinski definition) is 2. The maximum atomic E-state index is 13.0. The molecular formula is C14H26F3INO2Si. The minimum absolute atomic E-state index is 0.0305. The first-order valence-electron chi connectivity index (χ1n) is 7.16. The molecule has 1 N–H and O–H groups in total. The van der Waals surface area contributed by atoms with Crippen LogP contribution in [-0.4, -0.2) is 31.3 Å². The summed E-state index contributed by atoms with van der Waals surface area (Å²) in [4.78, 5) is 11.7. The van der Waals surface area contributed by atoms with Crippen LogP contribution in [-0.2, 0) is 9.22 Å². The van der Waals surface area contributed by atoms with Crippen LogP contribution < -0.4 is 5.32 Å². The van der Waals surface area contributed by atoms with E-state index >= 15 is 0 Å². The molecule has 0 heterocycles. The molecule has 3 nitrogen and oxygen atoms in total. The van der Waals surface area contributed by atoms with Crippen LogP contribution in [0.25, 0.3) is 0 Å². The van der Waals surface area contributed by atoms with Crippen molar-refractivity contribution in [1.29, 1.82) is 0 Å². The Hall–Kier alpha value is 0.167. The van der Waals surface area contributed by atoms with E-state index in [1.165, 1.54) is 0 Å². The molecule has 1 amide bonds. The average molecular weight is 452 g/mol. The molecule has 0 aliphatic carbocycles. The molecule has 1 unspecified atom stereocenters. The van der Waals surface area contributed by atoms with Crippen molar-refractivity contribution in [2.75, 3.05) is 4.43 Å². The summed E-state index contributed by atoms with van der Waals surface area (Å²) in [6.07, 6.45) is -5.58. The van der Waals surface area contributed by atoms with Crippen LogP contribution in [0.5, 0.6) is 0 Å². The van der Waals surface area contributed by atoms with E-state index < -0.39 is 39.2 Å². The van der Waals surface area contributed by atoms with Crippen LogP contribution in [0.1, 0.15) is 41.0 Å². The van der Waals surface area contributed by atoms with E-state index in [1.54, 1.807) is 13.8 Å². The number of amides is 1. The Labute approximate surface area is 146 Å². The third kappa shape index (κ3) is 8.71. The van der Waals surface area contributed by atoms with Crippen molar-refractivity contribution in [3.63, 3.8) is 0 Å². The number of halogens is 4. The van der Waals surface area contributed by atoms with E-state index in [4.69, 9.17) is 4.43 Å². The fraction of sp³-hybridized carbons (Fsp3) is 0.929. The summed E-state index contributed by atoms with van der Waals surface area (Å²) >= 11 is 1.83. The fourth-order valence-corrected chi connectivity index (χ4v) is 4.97. The summed E-state index contributed by atoms with van der Waals surface area (Å²) in [5, 5.41) is 2.49. The molecule has 0 aromatic heterocycles. The van der Waals surface area contributed by atoms with E-state index in [1.807, 2.05) is 49.9 Å². The molecular weight excluding hydrogens is 426 g/mol. The van der Waals surface area contributed by atoms with Crippen LogP contribution >= 0.6 is 22.6 Å². The van der Waals surface area contributed by atoms with Crippen LogP contribution in [0, 0.1) is 11.3 Å². The molecule has 0 aliphatic heterocycles. The third-order valence-corrected chi connectivity index (χ3v) is 5.97. The Bertz CT molecular complexity index is 372. The van der Waals surface area contributed by atoms with Crippen molar-refractivity contribution in [3.8, 4) is 0 Å². The van der Waals surface area contributed by atoms with Crippen molar-refractivity contribution < 1.29 is 22.4 Å². The summed E-state index contributed by atoms with van der Waals surface area (Å²) in [7, 11) is -1.49. The standard InChI is InChI=1S/C14H26F3INO2Si/c1-10(2)13(8-14(15,16)17,19-11(20)7-18)21-22(6)9-12(3,4)5/h10H,7-9H2,1-6H3,(H,19,20). The van der Waals surface area contributed by atoms with Crippen molar-refractivity contribution in [3.05, 3.63) is 0 Å². The Morgan fingerprint density at radius 1 is 1.27 bits per heavy atom. The van der Waals surface area contributed by atoms with Crippen LogP contribution in [0.3, 0.4) is 0 Å². The van der Waals surface area contributed by atoms with E-state index in [0.717, 1.165) is 0 Å². The smallest absolute Gasteiger partial charge is 0.393 e. The van der Waals surface area contributed by atoms with E-state index in [9.17, 15) is 18.0 Å². The summed E-state index contributed by atoms with van der Waals surface area (Å²) < 4.78 is 45.1. The van der Waals surface area contributed by atoms with Gasteiger partial charge in [0.15, 0.2) is 0 Å². The Morgan fingerprint density at radius 3 is 2.09 bits per heavy atom. The SMILES string of the molecule is CC(C)C(CC(F)(F)F)(NC(=O)CI)O[Si](C)CC(C)(C)C. The van der Waals surface area contributed by atoms with Gasteiger partial charge in [-0.05, 0) is 18.0 Å². The molecule has 0 saturated carbocycles. The van der Waals surface area contributed by atoms with Crippen molar-refractivity contribution >= 4 is 37.5 Å². The molecule has 22 heavy (non-hydrogen) atoms. The van der Waals surface area contributed by atoms with Crippen LogP contribution in [0.15, 0.2) is 0 Å². The maximum absolute atomic E-state index is 13.0. The van der Waals surface area contributed by atoms with Gasteiger partial charge < -0.3 is 9.74 Å². The van der Waals surface area contributed by atoms with Gasteiger partial charge in [0.25, 0.3) is 0 Å². The molecule has 0 spiro atoms. The molecule has 0 aliphatic rings. The van der Waals surface area contributed by atoms with E-state index in [-0.39, 0.29) is 9.84 Å². The van der Waals surface area contributed by atoms with Gasteiger partial charge in [-0.1, -0.05) is 57.2 Å². The number of alkyl halides is 4. The molecule has 131 valence electrons. The number of carbonyl (C=O) groups excluding carboxylic acids is 1. The van der Waals surface area contributed by atoms with Gasteiger partial charge in [0, 0.05) is 5.92 Å². The summed E-state index contributed by atoms with van der Waals surface area (Å²) in [6.45, 7) is 11.2. The highest BCUT2D eigenvalue weighted by Gasteiger charge is 2.47. The Kier molecular flexibility index (Phi) is 8.38. The molecule has 8 heteroatoms. The number of rotatable bonds is 7. The second-order valence-electron chi connectivity index (χ2n) is 7.06. The van der Waals surface area contributed by atoms with Gasteiger partial charge in [0.05, 0.1) is 10.8 Å². The van der Waals surface area contributed by atoms with Gasteiger partial charge in [-0.15, -0.1) is 0 Å². The van der Waals surface area contributed by atoms with Gasteiger partial charge in [-0.25, -0.2) is 0 Å². The predicted molar refractivity (Wildman–Crippen MR) is 92.2 cm³/mol. The van der Waals surface area contributed by atoms with Crippen molar-refractivity contribution in [2.45, 2.75) is 65.5 Å². The molecule has 0 aromatic rings. The average Bonchev–Trinajstić information content (AvgIpc) is 2.22. The van der Waals surface area contributed by atoms with Crippen molar-refractivity contribution in [2.24, 2.45) is 11.3 Å². The predicted octanol–water partition coefficient (Wildman–Crippen LogP) is 4.53. The largest absolute Gasteiger partial charge is 0.394 e. The molecule has 1 atom stereocenters. The molecule has 0 aromatic carbocycles. The lowest BCUT2D eigenvalue weighted by atomic mass is 9.95. The van der Waals surface area contributed by atoms with E-state index in [0.29, 0.717) is 6.04 Å². The molecule has 1 radical (unpaired) electrons. The van der Waals surface area contributed by atoms with Gasteiger partial charge in [0.1, 0.15) is 5.72 Å². The Balaban J connectivity index is 5.39. The minimum Gasteiger partial charge on any atom is -0.394 e. The number of nitrogens with one attached hydrogen (secondary N) is 1. The summed E-state index contributed by atoms with van der Waals surface area (Å²) in [6, 6.07) is 0.699. The van der Waals surface area contributed by atoms with Crippen LogP contribution in [0.2, 0.25) is 12.6 Å². The molecule has 0 fully saturated rings. The minimum atomic E-state index is -4.41. The third-order valence-electron chi connectivity index (χ3n) is 3.00. The lowest BCUT2D eigenvalue weighted by Crippen LogP contribution is -2.59. The maximum Gasteiger partial charge on any atom is 0.393 e.